The van der Waals surface area contributed by atoms with E-state index in [2.05, 4.69) is 0 Å². The molecule has 2 atom stereocenters. The zero-order valence-electron chi connectivity index (χ0n) is 24.8. The molecule has 0 heterocycles. The van der Waals surface area contributed by atoms with Gasteiger partial charge in [-0.3, -0.25) is 0 Å². The quantitative estimate of drug-likeness (QED) is 0.120. The number of alkyl halides is 34. The average Bonchev–Trinajstić information content (AvgIpc) is 2.98. The first-order chi connectivity index (χ1) is 24.0. The Bertz CT molecular complexity index is 1300. The summed E-state index contributed by atoms with van der Waals surface area (Å²) in [5.74, 6) is -123. The molecule has 0 rings (SSSR count). The van der Waals surface area contributed by atoms with Gasteiger partial charge < -0.3 is 15.5 Å². The van der Waals surface area contributed by atoms with Gasteiger partial charge in [-0.2, -0.15) is 149 Å². The Hall–Kier alpha value is -2.50. The van der Waals surface area contributed by atoms with Crippen LogP contribution in [0.15, 0.2) is 0 Å². The number of rotatable bonds is 18. The molecule has 0 saturated carbocycles. The normalized spacial score (nSPS) is 17.9. The van der Waals surface area contributed by atoms with Crippen LogP contribution in [0, 0.1) is 0 Å². The number of hydrogen-bond acceptors (Lipinski definition) is 3. The molecule has 0 aliphatic rings. The molecule has 37 heteroatoms. The van der Waals surface area contributed by atoms with E-state index in [0.29, 0.717) is 0 Å². The van der Waals surface area contributed by atoms with Gasteiger partial charge in [0.2, 0.25) is 0 Å². The number of halogens is 34. The van der Waals surface area contributed by atoms with E-state index in [1.165, 1.54) is 0 Å². The summed E-state index contributed by atoms with van der Waals surface area (Å²) in [6.45, 7) is -6.63. The minimum absolute atomic E-state index is 0.128. The predicted octanol–water partition coefficient (Wildman–Crippen LogP) is 9.32. The van der Waals surface area contributed by atoms with Crippen LogP contribution in [-0.4, -0.2) is 131 Å². The molecule has 0 amide bonds. The van der Waals surface area contributed by atoms with Gasteiger partial charge in [-0.1, -0.05) is 0 Å². The zero-order chi connectivity index (χ0) is 47.3. The molecule has 0 bridgehead atoms. The van der Waals surface area contributed by atoms with Crippen LogP contribution in [-0.2, 0) is 0 Å². The molecule has 0 aliphatic heterocycles. The lowest BCUT2D eigenvalue weighted by atomic mass is 9.87. The van der Waals surface area contributed by atoms with Gasteiger partial charge in [0.1, 0.15) is 12.2 Å². The third kappa shape index (κ3) is 7.09. The van der Waals surface area contributed by atoms with E-state index in [4.69, 9.17) is 10.2 Å². The van der Waals surface area contributed by atoms with Crippen molar-refractivity contribution in [3.05, 3.63) is 0 Å². The maximum absolute atomic E-state index is 13.9. The molecule has 0 aliphatic carbocycles. The Balaban J connectivity index is 6.65. The second-order valence-electron chi connectivity index (χ2n) is 10.8. The molecule has 344 valence electrons. The van der Waals surface area contributed by atoms with Crippen LogP contribution in [0.4, 0.5) is 149 Å². The van der Waals surface area contributed by atoms with E-state index < -0.39 is 121 Å². The van der Waals surface area contributed by atoms with Gasteiger partial charge in [-0.25, -0.2) is 0 Å². The highest BCUT2D eigenvalue weighted by Gasteiger charge is 2.97. The van der Waals surface area contributed by atoms with E-state index in [9.17, 15) is 149 Å². The van der Waals surface area contributed by atoms with Gasteiger partial charge >= 0.3 is 95.3 Å². The first-order valence-electron chi connectivity index (χ1n) is 12.5. The smallest absolute Gasteiger partial charge is 0.385 e. The Labute approximate surface area is 286 Å². The molecular weight excluding hydrogens is 932 g/mol. The van der Waals surface area contributed by atoms with Crippen LogP contribution in [0.5, 0.6) is 0 Å². The van der Waals surface area contributed by atoms with E-state index in [1.807, 2.05) is 0 Å². The van der Waals surface area contributed by atoms with E-state index in [0.717, 1.165) is 0 Å². The van der Waals surface area contributed by atoms with Crippen molar-refractivity contribution in [2.24, 2.45) is 0 Å². The number of aliphatic hydroxyl groups is 2. The monoisotopic (exact) mass is 941 g/mol. The van der Waals surface area contributed by atoms with Crippen LogP contribution in [0.3, 0.4) is 0 Å². The second-order valence-corrected chi connectivity index (χ2v) is 10.8. The maximum atomic E-state index is 13.9. The summed E-state index contributed by atoms with van der Waals surface area (Å²) in [5, 5.41) is 18.0. The molecule has 0 aromatic rings. The highest BCUT2D eigenvalue weighted by atomic mass is 19.4. The molecule has 0 saturated heterocycles. The first kappa shape index (κ1) is 54.5. The second kappa shape index (κ2) is 14.0. The molecule has 3 N–H and O–H groups in total. The zero-order valence-corrected chi connectivity index (χ0v) is 24.8. The van der Waals surface area contributed by atoms with Crippen LogP contribution < -0.4 is 5.32 Å². The van der Waals surface area contributed by atoms with Crippen LogP contribution in [0.2, 0.25) is 0 Å². The molecule has 3 nitrogen and oxygen atoms in total. The van der Waals surface area contributed by atoms with Gasteiger partial charge in [-0.15, -0.1) is 0 Å². The highest BCUT2D eigenvalue weighted by Crippen LogP contribution is 2.66. The SMILES string of the molecule is OC(CNCC(O)C(F)(F)C(F)(F)C(F)(F)C(F)(F)C(F)(F)C(F)(F)C(F)(F)C(F)(F)F)C(F)(F)C(F)(F)C(F)(F)C(F)(F)C(F)(F)C(F)(F)C(F)(F)C(F)(F)F. The maximum Gasteiger partial charge on any atom is 0.460 e. The number of hydrogen-bond donors (Lipinski definition) is 3. The minimum Gasteiger partial charge on any atom is -0.385 e. The molecule has 0 radical (unpaired) electrons. The third-order valence-electron chi connectivity index (χ3n) is 7.01. The standard InChI is InChI=1S/C20H9F34NO2/c21-5(22,7(25,26)9(29,30)11(33,34)13(37,38)15(41,42)17(45,46)19(49,50)51)3(56)1-55-2-4(57)6(23,24)8(27,28)10(31,32)12(35,36)14(39,40)16(43,44)18(47,48)20(52,53)54/h3-4,55-57H,1-2H2. The van der Waals surface area contributed by atoms with Crippen LogP contribution in [0.25, 0.3) is 0 Å². The molecule has 0 fully saturated rings. The van der Waals surface area contributed by atoms with Crippen molar-refractivity contribution in [3.63, 3.8) is 0 Å². The van der Waals surface area contributed by atoms with Gasteiger partial charge in [0, 0.05) is 13.1 Å². The average molecular weight is 941 g/mol. The van der Waals surface area contributed by atoms with Gasteiger partial charge in [-0.05, 0) is 0 Å². The lowest BCUT2D eigenvalue weighted by molar-refractivity contribution is -0.464. The third-order valence-corrected chi connectivity index (χ3v) is 7.01. The van der Waals surface area contributed by atoms with E-state index in [1.54, 1.807) is 0 Å². The summed E-state index contributed by atoms with van der Waals surface area (Å²) in [7, 11) is 0. The van der Waals surface area contributed by atoms with Crippen molar-refractivity contribution in [3.8, 4) is 0 Å². The molecule has 57 heavy (non-hydrogen) atoms. The van der Waals surface area contributed by atoms with Gasteiger partial charge in [0.15, 0.2) is 0 Å². The number of aliphatic hydroxyl groups excluding tert-OH is 2. The summed E-state index contributed by atoms with van der Waals surface area (Å²) in [5.41, 5.74) is 0. The van der Waals surface area contributed by atoms with Crippen LogP contribution >= 0.6 is 0 Å². The lowest BCUT2D eigenvalue weighted by Gasteiger charge is -2.43. The lowest BCUT2D eigenvalue weighted by Crippen LogP contribution is -2.75. The fourth-order valence-electron chi connectivity index (χ4n) is 3.38. The molecule has 0 aromatic heterocycles. The fraction of sp³-hybridized carbons (Fsp3) is 1.00. The summed E-state index contributed by atoms with van der Waals surface area (Å²) in [6.07, 6.45) is -26.9. The summed E-state index contributed by atoms with van der Waals surface area (Å²) in [4.78, 5) is 0. The summed E-state index contributed by atoms with van der Waals surface area (Å²) < 4.78 is 451. The Morgan fingerprint density at radius 2 is 0.386 bits per heavy atom. The summed E-state index contributed by atoms with van der Waals surface area (Å²) in [6, 6.07) is 0. The predicted molar refractivity (Wildman–Crippen MR) is 106 cm³/mol. The van der Waals surface area contributed by atoms with Crippen LogP contribution in [0.1, 0.15) is 0 Å². The van der Waals surface area contributed by atoms with Crippen molar-refractivity contribution in [1.82, 2.24) is 5.32 Å². The Kier molecular flexibility index (Phi) is 13.4. The fourth-order valence-corrected chi connectivity index (χ4v) is 3.38. The Morgan fingerprint density at radius 1 is 0.246 bits per heavy atom. The van der Waals surface area contributed by atoms with Crippen molar-refractivity contribution >= 4 is 0 Å². The highest BCUT2D eigenvalue weighted by molar-refractivity contribution is 5.17. The van der Waals surface area contributed by atoms with Crippen molar-refractivity contribution in [1.29, 1.82) is 0 Å². The molecular formula is C20H9F34NO2. The van der Waals surface area contributed by atoms with Gasteiger partial charge in [0.25, 0.3) is 0 Å². The topological polar surface area (TPSA) is 52.5 Å². The summed E-state index contributed by atoms with van der Waals surface area (Å²) >= 11 is 0. The number of nitrogens with one attached hydrogen (secondary N) is 1. The van der Waals surface area contributed by atoms with Crippen molar-refractivity contribution in [2.75, 3.05) is 13.1 Å². The molecule has 0 spiro atoms. The van der Waals surface area contributed by atoms with E-state index >= 15 is 0 Å². The van der Waals surface area contributed by atoms with Crippen molar-refractivity contribution < 1.29 is 159 Å². The largest absolute Gasteiger partial charge is 0.460 e. The minimum atomic E-state index is -9.25. The first-order valence-corrected chi connectivity index (χ1v) is 12.5. The van der Waals surface area contributed by atoms with Gasteiger partial charge in [0.05, 0.1) is 0 Å². The van der Waals surface area contributed by atoms with Crippen molar-refractivity contribution in [2.45, 2.75) is 107 Å². The molecule has 2 unspecified atom stereocenters. The van der Waals surface area contributed by atoms with E-state index in [-0.39, 0.29) is 5.32 Å². The Morgan fingerprint density at radius 3 is 0.544 bits per heavy atom. The molecule has 0 aromatic carbocycles.